The highest BCUT2D eigenvalue weighted by molar-refractivity contribution is 6.78. The molecule has 1 aliphatic rings. The summed E-state index contributed by atoms with van der Waals surface area (Å²) in [7, 11) is -1.09. The molecule has 1 saturated heterocycles. The minimum Gasteiger partial charge on any atom is -0.353 e. The van der Waals surface area contributed by atoms with E-state index in [0.717, 1.165) is 12.2 Å². The van der Waals surface area contributed by atoms with Crippen molar-refractivity contribution in [1.29, 1.82) is 0 Å². The molecule has 1 atom stereocenters. The Kier molecular flexibility index (Phi) is 3.13. The van der Waals surface area contributed by atoms with Gasteiger partial charge in [-0.05, 0) is 26.1 Å². The van der Waals surface area contributed by atoms with Gasteiger partial charge in [0, 0.05) is 6.04 Å². The fourth-order valence-corrected chi connectivity index (χ4v) is 4.05. The lowest BCUT2D eigenvalue weighted by Crippen LogP contribution is -2.43. The van der Waals surface area contributed by atoms with E-state index < -0.39 is 8.07 Å². The average molecular weight is 200 g/mol. The molecule has 1 rings (SSSR count). The highest BCUT2D eigenvalue weighted by Crippen LogP contribution is 2.18. The van der Waals surface area contributed by atoms with Gasteiger partial charge in [0.05, 0.1) is 14.1 Å². The molecule has 0 aliphatic carbocycles. The van der Waals surface area contributed by atoms with Crippen molar-refractivity contribution >= 4 is 14.0 Å². The van der Waals surface area contributed by atoms with Gasteiger partial charge in [-0.15, -0.1) is 0 Å². The summed E-state index contributed by atoms with van der Waals surface area (Å²) in [5.74, 6) is 0.174. The molecule has 13 heavy (non-hydrogen) atoms. The van der Waals surface area contributed by atoms with Crippen LogP contribution in [-0.4, -0.2) is 32.2 Å². The SMILES string of the molecule is CC(C)NC(=O)[C@@H]1C[Si](C)(C)CN1. The van der Waals surface area contributed by atoms with Crippen LogP contribution in [0.2, 0.25) is 19.1 Å². The molecule has 0 unspecified atom stereocenters. The lowest BCUT2D eigenvalue weighted by Gasteiger charge is -2.15. The van der Waals surface area contributed by atoms with Crippen molar-refractivity contribution in [3.8, 4) is 0 Å². The molecule has 76 valence electrons. The van der Waals surface area contributed by atoms with E-state index >= 15 is 0 Å². The predicted molar refractivity (Wildman–Crippen MR) is 57.4 cm³/mol. The predicted octanol–water partition coefficient (Wildman–Crippen LogP) is 0.730. The van der Waals surface area contributed by atoms with Gasteiger partial charge in [-0.2, -0.15) is 0 Å². The number of rotatable bonds is 2. The average Bonchev–Trinajstić information content (AvgIpc) is 2.28. The van der Waals surface area contributed by atoms with Crippen LogP contribution >= 0.6 is 0 Å². The lowest BCUT2D eigenvalue weighted by molar-refractivity contribution is -0.122. The molecule has 0 saturated carbocycles. The monoisotopic (exact) mass is 200 g/mol. The fraction of sp³-hybridized carbons (Fsp3) is 0.889. The van der Waals surface area contributed by atoms with Crippen LogP contribution in [0.4, 0.5) is 0 Å². The number of carbonyl (C=O) groups excluding carboxylic acids is 1. The van der Waals surface area contributed by atoms with E-state index in [2.05, 4.69) is 23.7 Å². The summed E-state index contributed by atoms with van der Waals surface area (Å²) >= 11 is 0. The maximum absolute atomic E-state index is 11.6. The molecule has 4 heteroatoms. The summed E-state index contributed by atoms with van der Waals surface area (Å²) in [4.78, 5) is 11.6. The van der Waals surface area contributed by atoms with Gasteiger partial charge in [0.25, 0.3) is 0 Å². The van der Waals surface area contributed by atoms with Crippen LogP contribution in [0.3, 0.4) is 0 Å². The van der Waals surface area contributed by atoms with Crippen molar-refractivity contribution in [3.05, 3.63) is 0 Å². The first-order valence-electron chi connectivity index (χ1n) is 4.94. The summed E-state index contributed by atoms with van der Waals surface area (Å²) in [6.45, 7) is 8.64. The quantitative estimate of drug-likeness (QED) is 0.645. The second kappa shape index (κ2) is 3.80. The summed E-state index contributed by atoms with van der Waals surface area (Å²) in [5.41, 5.74) is 0. The van der Waals surface area contributed by atoms with Gasteiger partial charge in [0.1, 0.15) is 0 Å². The number of hydrogen-bond donors (Lipinski definition) is 2. The first-order chi connectivity index (χ1) is 5.91. The molecule has 2 N–H and O–H groups in total. The topological polar surface area (TPSA) is 41.1 Å². The standard InChI is InChI=1S/C9H20N2OSi/c1-7(2)11-9(12)8-5-13(3,4)6-10-8/h7-8,10H,5-6H2,1-4H3,(H,11,12)/t8-/m0/s1. The Balaban J connectivity index is 2.42. The van der Waals surface area contributed by atoms with Crippen LogP contribution < -0.4 is 10.6 Å². The second-order valence-electron chi connectivity index (χ2n) is 4.97. The molecule has 0 aromatic rings. The molecule has 0 aromatic carbocycles. The van der Waals surface area contributed by atoms with Crippen LogP contribution in [0.15, 0.2) is 0 Å². The molecule has 1 heterocycles. The van der Waals surface area contributed by atoms with E-state index in [1.165, 1.54) is 0 Å². The van der Waals surface area contributed by atoms with Crippen molar-refractivity contribution < 1.29 is 4.79 Å². The maximum atomic E-state index is 11.6. The Hall–Kier alpha value is -0.353. The van der Waals surface area contributed by atoms with E-state index in [9.17, 15) is 4.79 Å². The Bertz CT molecular complexity index is 204. The van der Waals surface area contributed by atoms with Gasteiger partial charge in [-0.1, -0.05) is 13.1 Å². The lowest BCUT2D eigenvalue weighted by atomic mass is 10.3. The number of carbonyl (C=O) groups is 1. The third-order valence-corrected chi connectivity index (χ3v) is 5.01. The zero-order valence-electron chi connectivity index (χ0n) is 8.98. The first-order valence-corrected chi connectivity index (χ1v) is 8.36. The van der Waals surface area contributed by atoms with Crippen molar-refractivity contribution in [1.82, 2.24) is 10.6 Å². The fourth-order valence-electron chi connectivity index (χ4n) is 1.67. The summed E-state index contributed by atoms with van der Waals surface area (Å²) in [6, 6.07) is 1.40. The Labute approximate surface area is 81.3 Å². The van der Waals surface area contributed by atoms with Gasteiger partial charge >= 0.3 is 0 Å². The van der Waals surface area contributed by atoms with Crippen molar-refractivity contribution in [3.63, 3.8) is 0 Å². The molecule has 0 spiro atoms. The molecular formula is C9H20N2OSi. The molecule has 0 bridgehead atoms. The smallest absolute Gasteiger partial charge is 0.237 e. The van der Waals surface area contributed by atoms with E-state index in [-0.39, 0.29) is 18.0 Å². The first kappa shape index (κ1) is 10.7. The van der Waals surface area contributed by atoms with Crippen LogP contribution in [0.25, 0.3) is 0 Å². The molecule has 1 aliphatic heterocycles. The zero-order valence-corrected chi connectivity index (χ0v) is 9.98. The van der Waals surface area contributed by atoms with Crippen LogP contribution in [0.1, 0.15) is 13.8 Å². The van der Waals surface area contributed by atoms with Gasteiger partial charge in [0.2, 0.25) is 5.91 Å². The highest BCUT2D eigenvalue weighted by atomic mass is 28.3. The second-order valence-corrected chi connectivity index (χ2v) is 10.1. The molecule has 0 radical (unpaired) electrons. The summed E-state index contributed by atoms with van der Waals surface area (Å²) in [5, 5.41) is 6.24. The van der Waals surface area contributed by atoms with Crippen LogP contribution in [0.5, 0.6) is 0 Å². The van der Waals surface area contributed by atoms with Gasteiger partial charge < -0.3 is 10.6 Å². The van der Waals surface area contributed by atoms with Gasteiger partial charge in [-0.3, -0.25) is 4.79 Å². The number of nitrogens with one attached hydrogen (secondary N) is 2. The molecule has 0 aromatic heterocycles. The molecule has 1 fully saturated rings. The van der Waals surface area contributed by atoms with E-state index in [1.54, 1.807) is 0 Å². The zero-order chi connectivity index (χ0) is 10.1. The molecule has 3 nitrogen and oxygen atoms in total. The third kappa shape index (κ3) is 3.12. The Morgan fingerprint density at radius 3 is 2.54 bits per heavy atom. The molecular weight excluding hydrogens is 180 g/mol. The van der Waals surface area contributed by atoms with Crippen molar-refractivity contribution in [2.24, 2.45) is 0 Å². The third-order valence-electron chi connectivity index (χ3n) is 2.33. The highest BCUT2D eigenvalue weighted by Gasteiger charge is 2.36. The Morgan fingerprint density at radius 2 is 2.15 bits per heavy atom. The van der Waals surface area contributed by atoms with Crippen LogP contribution in [-0.2, 0) is 4.79 Å². The Morgan fingerprint density at radius 1 is 1.54 bits per heavy atom. The summed E-state index contributed by atoms with van der Waals surface area (Å²) < 4.78 is 0. The van der Waals surface area contributed by atoms with Crippen LogP contribution in [0, 0.1) is 0 Å². The minimum atomic E-state index is -1.09. The minimum absolute atomic E-state index is 0.0732. The van der Waals surface area contributed by atoms with Crippen molar-refractivity contribution in [2.75, 3.05) is 6.17 Å². The molecule has 1 amide bonds. The number of hydrogen-bond acceptors (Lipinski definition) is 2. The van der Waals surface area contributed by atoms with Gasteiger partial charge in [0.15, 0.2) is 0 Å². The van der Waals surface area contributed by atoms with Gasteiger partial charge in [-0.25, -0.2) is 0 Å². The largest absolute Gasteiger partial charge is 0.353 e. The van der Waals surface area contributed by atoms with E-state index in [1.807, 2.05) is 13.8 Å². The van der Waals surface area contributed by atoms with E-state index in [0.29, 0.717) is 0 Å². The summed E-state index contributed by atoms with van der Waals surface area (Å²) in [6.07, 6.45) is 1.07. The maximum Gasteiger partial charge on any atom is 0.237 e. The van der Waals surface area contributed by atoms with E-state index in [4.69, 9.17) is 0 Å². The van der Waals surface area contributed by atoms with Crippen molar-refractivity contribution in [2.45, 2.75) is 45.1 Å². The number of amides is 1. The normalized spacial score (nSPS) is 26.4.